The second-order valence-corrected chi connectivity index (χ2v) is 5.91. The van der Waals surface area contributed by atoms with Gasteiger partial charge in [0.15, 0.2) is 0 Å². The van der Waals surface area contributed by atoms with Crippen LogP contribution in [0.4, 0.5) is 5.69 Å². The Labute approximate surface area is 119 Å². The number of allylic oxidation sites excluding steroid dienone is 1. The number of hydrogen-bond donors (Lipinski definition) is 0. The number of nitrogens with zero attached hydrogens (tertiary/aromatic N) is 1. The molecule has 0 aromatic heterocycles. The van der Waals surface area contributed by atoms with E-state index in [0.29, 0.717) is 5.56 Å². The van der Waals surface area contributed by atoms with Crippen LogP contribution < -0.4 is 4.90 Å². The van der Waals surface area contributed by atoms with Crippen molar-refractivity contribution in [3.63, 3.8) is 0 Å². The van der Waals surface area contributed by atoms with Crippen molar-refractivity contribution in [2.45, 2.75) is 46.1 Å². The highest BCUT2D eigenvalue weighted by molar-refractivity contribution is 6.53. The molecule has 0 saturated heterocycles. The Hall–Kier alpha value is -1.90. The fourth-order valence-electron chi connectivity index (χ4n) is 3.31. The van der Waals surface area contributed by atoms with Gasteiger partial charge >= 0.3 is 0 Å². The van der Waals surface area contributed by atoms with Crippen LogP contribution in [0.25, 0.3) is 5.57 Å². The van der Waals surface area contributed by atoms with E-state index in [2.05, 4.69) is 26.0 Å². The average molecular weight is 269 g/mol. The summed E-state index contributed by atoms with van der Waals surface area (Å²) in [5.74, 6) is -0.752. The molecule has 104 valence electrons. The smallest absolute Gasteiger partial charge is 0.295 e. The lowest BCUT2D eigenvalue weighted by Crippen LogP contribution is -2.49. The highest BCUT2D eigenvalue weighted by Crippen LogP contribution is 2.47. The number of ketones is 1. The zero-order valence-electron chi connectivity index (χ0n) is 12.4. The van der Waals surface area contributed by atoms with Gasteiger partial charge in [0.2, 0.25) is 0 Å². The maximum absolute atomic E-state index is 12.4. The minimum atomic E-state index is -0.397. The van der Waals surface area contributed by atoms with Crippen LogP contribution in [0, 0.1) is 6.92 Å². The third kappa shape index (κ3) is 1.46. The van der Waals surface area contributed by atoms with Crippen LogP contribution in [0.1, 0.15) is 55.1 Å². The minimum Gasteiger partial charge on any atom is -0.295 e. The van der Waals surface area contributed by atoms with Crippen LogP contribution >= 0.6 is 0 Å². The van der Waals surface area contributed by atoms with Crippen molar-refractivity contribution in [3.05, 3.63) is 34.9 Å². The molecule has 3 heteroatoms. The van der Waals surface area contributed by atoms with Gasteiger partial charge in [-0.05, 0) is 50.0 Å². The normalized spacial score (nSPS) is 24.0. The number of rotatable bonds is 2. The van der Waals surface area contributed by atoms with Crippen LogP contribution in [0.15, 0.2) is 18.2 Å². The summed E-state index contributed by atoms with van der Waals surface area (Å²) in [4.78, 5) is 26.4. The molecule has 1 unspecified atom stereocenters. The van der Waals surface area contributed by atoms with E-state index in [9.17, 15) is 9.59 Å². The van der Waals surface area contributed by atoms with Crippen molar-refractivity contribution in [1.29, 1.82) is 0 Å². The van der Waals surface area contributed by atoms with Crippen molar-refractivity contribution in [3.8, 4) is 0 Å². The molecule has 0 N–H and O–H groups in total. The molecule has 20 heavy (non-hydrogen) atoms. The lowest BCUT2D eigenvalue weighted by Gasteiger charge is -2.41. The summed E-state index contributed by atoms with van der Waals surface area (Å²) in [5, 5.41) is 0. The zero-order chi connectivity index (χ0) is 14.7. The standard InChI is InChI=1S/C17H19NO2/c1-5-11-9-17(4,6-2)18-14-12(11)7-10(3)8-13(14)15(19)16(18)20/h7-9H,5-6H2,1-4H3. The third-order valence-electron chi connectivity index (χ3n) is 4.56. The van der Waals surface area contributed by atoms with E-state index < -0.39 is 5.54 Å². The maximum atomic E-state index is 12.4. The number of carbonyl (C=O) groups excluding carboxylic acids is 2. The number of aryl methyl sites for hydroxylation is 1. The Morgan fingerprint density at radius 1 is 1.15 bits per heavy atom. The number of Topliss-reactive ketones (excluding diaryl/α,β-unsaturated/α-hetero) is 1. The summed E-state index contributed by atoms with van der Waals surface area (Å²) in [6.45, 7) is 8.17. The Balaban J connectivity index is 2.38. The van der Waals surface area contributed by atoms with Gasteiger partial charge in [0.1, 0.15) is 0 Å². The van der Waals surface area contributed by atoms with Gasteiger partial charge in [0.25, 0.3) is 11.7 Å². The maximum Gasteiger partial charge on any atom is 0.300 e. The van der Waals surface area contributed by atoms with Gasteiger partial charge in [-0.15, -0.1) is 0 Å². The summed E-state index contributed by atoms with van der Waals surface area (Å²) in [5.41, 5.74) is 4.31. The van der Waals surface area contributed by atoms with E-state index >= 15 is 0 Å². The van der Waals surface area contributed by atoms with Gasteiger partial charge in [0, 0.05) is 5.56 Å². The molecule has 0 spiro atoms. The molecule has 0 aliphatic carbocycles. The molecule has 1 atom stereocenters. The van der Waals surface area contributed by atoms with Gasteiger partial charge in [-0.3, -0.25) is 14.5 Å². The second kappa shape index (κ2) is 4.05. The van der Waals surface area contributed by atoms with Crippen molar-refractivity contribution in [1.82, 2.24) is 0 Å². The van der Waals surface area contributed by atoms with Crippen molar-refractivity contribution >= 4 is 23.0 Å². The summed E-state index contributed by atoms with van der Waals surface area (Å²) in [7, 11) is 0. The highest BCUT2D eigenvalue weighted by atomic mass is 16.2. The Bertz CT molecular complexity index is 672. The van der Waals surface area contributed by atoms with Gasteiger partial charge in [-0.25, -0.2) is 0 Å². The topological polar surface area (TPSA) is 37.4 Å². The number of anilines is 1. The van der Waals surface area contributed by atoms with E-state index in [1.54, 1.807) is 4.90 Å². The molecule has 1 amide bonds. The number of amides is 1. The first-order chi connectivity index (χ1) is 9.42. The number of hydrogen-bond acceptors (Lipinski definition) is 2. The largest absolute Gasteiger partial charge is 0.300 e. The van der Waals surface area contributed by atoms with Crippen LogP contribution in [-0.2, 0) is 4.79 Å². The zero-order valence-corrected chi connectivity index (χ0v) is 12.4. The first kappa shape index (κ1) is 13.1. The third-order valence-corrected chi connectivity index (χ3v) is 4.56. The molecule has 0 radical (unpaired) electrons. The first-order valence-corrected chi connectivity index (χ1v) is 7.18. The van der Waals surface area contributed by atoms with Gasteiger partial charge in [-0.1, -0.05) is 19.9 Å². The average Bonchev–Trinajstić information content (AvgIpc) is 2.68. The number of benzene rings is 1. The minimum absolute atomic E-state index is 0.365. The summed E-state index contributed by atoms with van der Waals surface area (Å²) in [6.07, 6.45) is 3.86. The fraction of sp³-hybridized carbons (Fsp3) is 0.412. The molecule has 2 aliphatic heterocycles. The van der Waals surface area contributed by atoms with Crippen molar-refractivity contribution in [2.75, 3.05) is 4.90 Å². The SMILES string of the molecule is CCC1=CC(C)(CC)N2C(=O)C(=O)c3cc(C)cc1c32. The van der Waals surface area contributed by atoms with Crippen LogP contribution in [0.2, 0.25) is 0 Å². The number of carbonyl (C=O) groups is 2. The summed E-state index contributed by atoms with van der Waals surface area (Å²) < 4.78 is 0. The Morgan fingerprint density at radius 3 is 2.40 bits per heavy atom. The summed E-state index contributed by atoms with van der Waals surface area (Å²) in [6, 6.07) is 3.93. The molecule has 0 fully saturated rings. The molecule has 3 nitrogen and oxygen atoms in total. The molecule has 2 heterocycles. The van der Waals surface area contributed by atoms with Crippen molar-refractivity contribution in [2.24, 2.45) is 0 Å². The Morgan fingerprint density at radius 2 is 1.80 bits per heavy atom. The molecule has 3 rings (SSSR count). The monoisotopic (exact) mass is 269 g/mol. The van der Waals surface area contributed by atoms with E-state index in [1.807, 2.05) is 19.9 Å². The van der Waals surface area contributed by atoms with E-state index in [-0.39, 0.29) is 11.7 Å². The molecule has 0 saturated carbocycles. The highest BCUT2D eigenvalue weighted by Gasteiger charge is 2.48. The molecular weight excluding hydrogens is 250 g/mol. The molecule has 1 aromatic rings. The van der Waals surface area contributed by atoms with Crippen LogP contribution in [0.3, 0.4) is 0 Å². The quantitative estimate of drug-likeness (QED) is 0.771. The Kier molecular flexibility index (Phi) is 2.65. The van der Waals surface area contributed by atoms with Crippen LogP contribution in [-0.4, -0.2) is 17.2 Å². The van der Waals surface area contributed by atoms with E-state index in [4.69, 9.17) is 0 Å². The lowest BCUT2D eigenvalue weighted by molar-refractivity contribution is -0.115. The van der Waals surface area contributed by atoms with Gasteiger partial charge in [-0.2, -0.15) is 0 Å². The predicted octanol–water partition coefficient (Wildman–Crippen LogP) is 3.50. The molecule has 0 bridgehead atoms. The fourth-order valence-corrected chi connectivity index (χ4v) is 3.31. The molecule has 1 aromatic carbocycles. The lowest BCUT2D eigenvalue weighted by atomic mass is 9.84. The van der Waals surface area contributed by atoms with Gasteiger partial charge in [0.05, 0.1) is 16.8 Å². The second-order valence-electron chi connectivity index (χ2n) is 5.91. The van der Waals surface area contributed by atoms with Gasteiger partial charge < -0.3 is 0 Å². The van der Waals surface area contributed by atoms with Crippen LogP contribution in [0.5, 0.6) is 0 Å². The van der Waals surface area contributed by atoms with E-state index in [1.165, 1.54) is 5.57 Å². The molecular formula is C17H19NO2. The molecule has 2 aliphatic rings. The van der Waals surface area contributed by atoms with E-state index in [0.717, 1.165) is 29.7 Å². The predicted molar refractivity (Wildman–Crippen MR) is 80.0 cm³/mol. The van der Waals surface area contributed by atoms with Crippen molar-refractivity contribution < 1.29 is 9.59 Å². The summed E-state index contributed by atoms with van der Waals surface area (Å²) >= 11 is 0. The first-order valence-electron chi connectivity index (χ1n) is 7.18.